The third kappa shape index (κ3) is 3.16. The Morgan fingerprint density at radius 2 is 2.06 bits per heavy atom. The zero-order valence-electron chi connectivity index (χ0n) is 9.06. The van der Waals surface area contributed by atoms with Crippen LogP contribution in [0.2, 0.25) is 10.0 Å². The summed E-state index contributed by atoms with van der Waals surface area (Å²) in [6.45, 7) is 0. The predicted molar refractivity (Wildman–Crippen MR) is 73.3 cm³/mol. The van der Waals surface area contributed by atoms with Crippen LogP contribution in [0.5, 0.6) is 0 Å². The van der Waals surface area contributed by atoms with Crippen LogP contribution in [0, 0.1) is 0 Å². The molecule has 0 aliphatic rings. The van der Waals surface area contributed by atoms with Crippen LogP contribution in [0.25, 0.3) is 0 Å². The summed E-state index contributed by atoms with van der Waals surface area (Å²) in [4.78, 5) is 16.0. The van der Waals surface area contributed by atoms with E-state index in [1.165, 1.54) is 24.0 Å². The molecular weight excluding hydrogens is 291 g/mol. The predicted octanol–water partition coefficient (Wildman–Crippen LogP) is 3.64. The first-order chi connectivity index (χ1) is 8.56. The van der Waals surface area contributed by atoms with Crippen LogP contribution in [0.3, 0.4) is 0 Å². The van der Waals surface area contributed by atoms with Gasteiger partial charge in [0.15, 0.2) is 0 Å². The molecule has 0 saturated carbocycles. The van der Waals surface area contributed by atoms with E-state index in [2.05, 4.69) is 4.98 Å². The number of rotatable bonds is 3. The van der Waals surface area contributed by atoms with Crippen molar-refractivity contribution in [3.05, 3.63) is 52.1 Å². The van der Waals surface area contributed by atoms with Crippen molar-refractivity contribution in [3.63, 3.8) is 0 Å². The monoisotopic (exact) mass is 298 g/mol. The third-order valence-corrected chi connectivity index (χ3v) is 3.75. The summed E-state index contributed by atoms with van der Waals surface area (Å²) in [5, 5.41) is 1.63. The van der Waals surface area contributed by atoms with Gasteiger partial charge < -0.3 is 5.73 Å². The van der Waals surface area contributed by atoms with Crippen LogP contribution < -0.4 is 5.73 Å². The largest absolute Gasteiger partial charge is 0.366 e. The average Bonchev–Trinajstić information content (AvgIpc) is 2.31. The molecule has 0 saturated heterocycles. The lowest BCUT2D eigenvalue weighted by Gasteiger charge is -2.04. The number of hydrogen-bond acceptors (Lipinski definition) is 3. The molecule has 2 N–H and O–H groups in total. The highest BCUT2D eigenvalue weighted by Crippen LogP contribution is 2.32. The normalized spacial score (nSPS) is 10.3. The minimum absolute atomic E-state index is 0.287. The number of pyridine rings is 1. The summed E-state index contributed by atoms with van der Waals surface area (Å²) in [6, 6.07) is 8.85. The smallest absolute Gasteiger partial charge is 0.250 e. The van der Waals surface area contributed by atoms with E-state index in [-0.39, 0.29) is 5.56 Å². The third-order valence-electron chi connectivity index (χ3n) is 2.10. The van der Waals surface area contributed by atoms with Gasteiger partial charge in [-0.3, -0.25) is 4.79 Å². The number of primary amides is 1. The first kappa shape index (κ1) is 13.2. The average molecular weight is 299 g/mol. The minimum Gasteiger partial charge on any atom is -0.366 e. The van der Waals surface area contributed by atoms with Gasteiger partial charge in [0.2, 0.25) is 5.91 Å². The van der Waals surface area contributed by atoms with Crippen molar-refractivity contribution in [1.29, 1.82) is 0 Å². The van der Waals surface area contributed by atoms with Crippen LogP contribution in [-0.4, -0.2) is 10.9 Å². The van der Waals surface area contributed by atoms with E-state index in [1.807, 2.05) is 18.2 Å². The number of aromatic nitrogens is 1. The van der Waals surface area contributed by atoms with Crippen molar-refractivity contribution in [2.75, 3.05) is 0 Å². The molecule has 3 nitrogen and oxygen atoms in total. The lowest BCUT2D eigenvalue weighted by Crippen LogP contribution is -2.11. The molecule has 1 aromatic heterocycles. The van der Waals surface area contributed by atoms with Crippen molar-refractivity contribution in [2.24, 2.45) is 5.73 Å². The van der Waals surface area contributed by atoms with Crippen LogP contribution in [0.1, 0.15) is 10.4 Å². The molecule has 6 heteroatoms. The van der Waals surface area contributed by atoms with Gasteiger partial charge in [-0.1, -0.05) is 41.0 Å². The molecule has 92 valence electrons. The molecule has 0 fully saturated rings. The van der Waals surface area contributed by atoms with Crippen LogP contribution >= 0.6 is 35.0 Å². The number of hydrogen-bond donors (Lipinski definition) is 1. The van der Waals surface area contributed by atoms with Crippen LogP contribution in [-0.2, 0) is 0 Å². The van der Waals surface area contributed by atoms with Gasteiger partial charge in [0.1, 0.15) is 5.03 Å². The molecule has 0 unspecified atom stereocenters. The van der Waals surface area contributed by atoms with Crippen molar-refractivity contribution in [2.45, 2.75) is 9.92 Å². The SMILES string of the molecule is NC(=O)c1cnc(Sc2cccc(Cl)c2)c(Cl)c1. The Morgan fingerprint density at radius 1 is 1.28 bits per heavy atom. The van der Waals surface area contributed by atoms with Crippen molar-refractivity contribution in [1.82, 2.24) is 4.98 Å². The van der Waals surface area contributed by atoms with Gasteiger partial charge in [-0.2, -0.15) is 0 Å². The highest BCUT2D eigenvalue weighted by molar-refractivity contribution is 7.99. The molecule has 0 radical (unpaired) electrons. The Labute approximate surface area is 118 Å². The lowest BCUT2D eigenvalue weighted by atomic mass is 10.3. The maximum Gasteiger partial charge on any atom is 0.250 e. The fraction of sp³-hybridized carbons (Fsp3) is 0. The van der Waals surface area contributed by atoms with Crippen molar-refractivity contribution in [3.8, 4) is 0 Å². The summed E-state index contributed by atoms with van der Waals surface area (Å²) in [7, 11) is 0. The summed E-state index contributed by atoms with van der Waals surface area (Å²) in [5.41, 5.74) is 5.43. The molecule has 0 aliphatic heterocycles. The first-order valence-electron chi connectivity index (χ1n) is 4.95. The van der Waals surface area contributed by atoms with Crippen molar-refractivity contribution < 1.29 is 4.79 Å². The molecule has 18 heavy (non-hydrogen) atoms. The lowest BCUT2D eigenvalue weighted by molar-refractivity contribution is 0.1000. The molecule has 0 bridgehead atoms. The zero-order valence-corrected chi connectivity index (χ0v) is 11.4. The maximum absolute atomic E-state index is 11.0. The standard InChI is InChI=1S/C12H8Cl2N2OS/c13-8-2-1-3-9(5-8)18-12-10(14)4-7(6-16-12)11(15)17/h1-6H,(H2,15,17). The number of nitrogens with zero attached hydrogens (tertiary/aromatic N) is 1. The maximum atomic E-state index is 11.0. The van der Waals surface area contributed by atoms with Gasteiger partial charge in [-0.15, -0.1) is 0 Å². The number of carbonyl (C=O) groups is 1. The van der Waals surface area contributed by atoms with Crippen molar-refractivity contribution >= 4 is 40.9 Å². The topological polar surface area (TPSA) is 56.0 Å². The molecule has 2 rings (SSSR count). The van der Waals surface area contributed by atoms with Gasteiger partial charge in [0.05, 0.1) is 10.6 Å². The van der Waals surface area contributed by atoms with E-state index in [9.17, 15) is 4.79 Å². The van der Waals surface area contributed by atoms with Gasteiger partial charge in [0, 0.05) is 16.1 Å². The Bertz CT molecular complexity index is 604. The molecule has 0 atom stereocenters. The fourth-order valence-corrected chi connectivity index (χ4v) is 2.63. The fourth-order valence-electron chi connectivity index (χ4n) is 1.28. The summed E-state index contributed by atoms with van der Waals surface area (Å²) in [5.74, 6) is -0.552. The molecular formula is C12H8Cl2N2OS. The Kier molecular flexibility index (Phi) is 4.11. The van der Waals surface area contributed by atoms with E-state index in [4.69, 9.17) is 28.9 Å². The van der Waals surface area contributed by atoms with Gasteiger partial charge in [-0.25, -0.2) is 4.98 Å². The number of amides is 1. The van der Waals surface area contributed by atoms with E-state index in [0.29, 0.717) is 15.1 Å². The summed E-state index contributed by atoms with van der Waals surface area (Å²) < 4.78 is 0. The number of nitrogens with two attached hydrogens (primary N) is 1. The first-order valence-corrected chi connectivity index (χ1v) is 6.52. The minimum atomic E-state index is -0.552. The quantitative estimate of drug-likeness (QED) is 0.941. The Hall–Kier alpha value is -1.23. The molecule has 1 heterocycles. The zero-order chi connectivity index (χ0) is 13.1. The van der Waals surface area contributed by atoms with Gasteiger partial charge in [0.25, 0.3) is 0 Å². The van der Waals surface area contributed by atoms with E-state index in [1.54, 1.807) is 6.07 Å². The van der Waals surface area contributed by atoms with Crippen LogP contribution in [0.4, 0.5) is 0 Å². The second kappa shape index (κ2) is 5.61. The number of benzene rings is 1. The van der Waals surface area contributed by atoms with E-state index >= 15 is 0 Å². The molecule has 0 spiro atoms. The summed E-state index contributed by atoms with van der Waals surface area (Å²) >= 11 is 13.3. The van der Waals surface area contributed by atoms with E-state index < -0.39 is 5.91 Å². The molecule has 1 aromatic carbocycles. The number of carbonyl (C=O) groups excluding carboxylic acids is 1. The molecule has 0 aliphatic carbocycles. The van der Waals surface area contributed by atoms with E-state index in [0.717, 1.165) is 4.90 Å². The second-order valence-electron chi connectivity index (χ2n) is 3.43. The van der Waals surface area contributed by atoms with Gasteiger partial charge >= 0.3 is 0 Å². The highest BCUT2D eigenvalue weighted by Gasteiger charge is 2.08. The summed E-state index contributed by atoms with van der Waals surface area (Å²) in [6.07, 6.45) is 1.40. The number of halogens is 2. The van der Waals surface area contributed by atoms with Crippen LogP contribution in [0.15, 0.2) is 46.5 Å². The second-order valence-corrected chi connectivity index (χ2v) is 5.34. The van der Waals surface area contributed by atoms with Gasteiger partial charge in [-0.05, 0) is 24.3 Å². The molecule has 1 amide bonds. The Balaban J connectivity index is 2.27. The molecule has 2 aromatic rings. The highest BCUT2D eigenvalue weighted by atomic mass is 35.5. The Morgan fingerprint density at radius 3 is 2.67 bits per heavy atom.